The quantitative estimate of drug-likeness (QED) is 0.762. The smallest absolute Gasteiger partial charge is 0.235 e. The molecule has 2 atom stereocenters. The number of carbonyl (C=O) groups excluding carboxylic acids is 2. The molecule has 1 N–H and O–H groups in total. The third-order valence-corrected chi connectivity index (χ3v) is 6.03. The summed E-state index contributed by atoms with van der Waals surface area (Å²) in [5.41, 5.74) is 3.58. The van der Waals surface area contributed by atoms with Gasteiger partial charge in [0.25, 0.3) is 0 Å². The standard InChI is InChI=1S/C25H27N3O4/c1-14-7-5-10-21(26-14)28-25(30)22-15(2)27-18-8-6-9-19(29)24(18)23(22)17-13-16(31-3)11-12-20(17)32-4/h5,7,10-13,22-23H,6,8-9H2,1-4H3,(H,26,28,30)/t22?,23-/m1/s1. The highest BCUT2D eigenvalue weighted by Gasteiger charge is 2.43. The van der Waals surface area contributed by atoms with Gasteiger partial charge in [-0.15, -0.1) is 0 Å². The molecule has 1 aromatic heterocycles. The Morgan fingerprint density at radius 1 is 1.09 bits per heavy atom. The number of allylic oxidation sites excluding steroid dienone is 2. The number of Topliss-reactive ketones (excluding diaryl/α,β-unsaturated/α-hetero) is 1. The van der Waals surface area contributed by atoms with Crippen molar-refractivity contribution < 1.29 is 19.1 Å². The van der Waals surface area contributed by atoms with Gasteiger partial charge in [-0.05, 0) is 57.0 Å². The number of ketones is 1. The number of hydrogen-bond donors (Lipinski definition) is 1. The molecular weight excluding hydrogens is 406 g/mol. The molecule has 1 amide bonds. The summed E-state index contributed by atoms with van der Waals surface area (Å²) in [5, 5.41) is 2.92. The Hall–Kier alpha value is -3.48. The number of aryl methyl sites for hydroxylation is 1. The second-order valence-electron chi connectivity index (χ2n) is 8.11. The van der Waals surface area contributed by atoms with E-state index >= 15 is 0 Å². The summed E-state index contributed by atoms with van der Waals surface area (Å²) in [5.74, 6) is 0.263. The zero-order chi connectivity index (χ0) is 22.8. The minimum Gasteiger partial charge on any atom is -0.497 e. The Labute approximate surface area is 187 Å². The van der Waals surface area contributed by atoms with Crippen molar-refractivity contribution in [3.63, 3.8) is 0 Å². The first-order valence-electron chi connectivity index (χ1n) is 10.7. The number of hydrogen-bond acceptors (Lipinski definition) is 6. The predicted octanol–water partition coefficient (Wildman–Crippen LogP) is 4.23. The van der Waals surface area contributed by atoms with Crippen molar-refractivity contribution in [1.29, 1.82) is 0 Å². The number of pyridine rings is 1. The Balaban J connectivity index is 1.85. The van der Waals surface area contributed by atoms with E-state index in [4.69, 9.17) is 14.5 Å². The Kier molecular flexibility index (Phi) is 6.08. The van der Waals surface area contributed by atoms with Crippen LogP contribution in [0.5, 0.6) is 11.5 Å². The van der Waals surface area contributed by atoms with Crippen LogP contribution >= 0.6 is 0 Å². The van der Waals surface area contributed by atoms with Gasteiger partial charge >= 0.3 is 0 Å². The molecule has 2 aromatic rings. The minimum atomic E-state index is -0.681. The third-order valence-electron chi connectivity index (χ3n) is 6.03. The van der Waals surface area contributed by atoms with Gasteiger partial charge in [-0.3, -0.25) is 14.6 Å². The largest absolute Gasteiger partial charge is 0.497 e. The van der Waals surface area contributed by atoms with Crippen molar-refractivity contribution in [2.45, 2.75) is 39.0 Å². The first-order chi connectivity index (χ1) is 15.4. The number of rotatable bonds is 5. The molecule has 2 heterocycles. The third kappa shape index (κ3) is 4.02. The molecule has 2 aliphatic rings. The molecule has 166 valence electrons. The van der Waals surface area contributed by atoms with Crippen molar-refractivity contribution in [3.8, 4) is 11.5 Å². The number of benzene rings is 1. The minimum absolute atomic E-state index is 0.0313. The summed E-state index contributed by atoms with van der Waals surface area (Å²) in [6, 6.07) is 10.9. The van der Waals surface area contributed by atoms with Crippen LogP contribution in [-0.2, 0) is 9.59 Å². The van der Waals surface area contributed by atoms with E-state index in [9.17, 15) is 9.59 Å². The fourth-order valence-corrected chi connectivity index (χ4v) is 4.58. The van der Waals surface area contributed by atoms with E-state index in [2.05, 4.69) is 10.3 Å². The molecule has 32 heavy (non-hydrogen) atoms. The molecule has 0 spiro atoms. The number of methoxy groups -OCH3 is 2. The van der Waals surface area contributed by atoms with Crippen molar-refractivity contribution in [2.75, 3.05) is 19.5 Å². The predicted molar refractivity (Wildman–Crippen MR) is 122 cm³/mol. The number of aliphatic imine (C=N–C) groups is 1. The van der Waals surface area contributed by atoms with Gasteiger partial charge in [-0.25, -0.2) is 4.98 Å². The number of nitrogens with one attached hydrogen (secondary N) is 1. The molecule has 1 aromatic carbocycles. The van der Waals surface area contributed by atoms with Crippen LogP contribution in [0.15, 0.2) is 52.7 Å². The van der Waals surface area contributed by atoms with E-state index in [1.807, 2.05) is 32.0 Å². The van der Waals surface area contributed by atoms with Gasteiger partial charge in [-0.2, -0.15) is 0 Å². The molecule has 7 heteroatoms. The lowest BCUT2D eigenvalue weighted by Gasteiger charge is -2.35. The summed E-state index contributed by atoms with van der Waals surface area (Å²) >= 11 is 0. The van der Waals surface area contributed by atoms with Crippen molar-refractivity contribution in [1.82, 2.24) is 4.98 Å². The molecule has 0 saturated carbocycles. The van der Waals surface area contributed by atoms with Crippen LogP contribution in [0.1, 0.15) is 43.4 Å². The molecule has 7 nitrogen and oxygen atoms in total. The van der Waals surface area contributed by atoms with E-state index in [0.29, 0.717) is 35.0 Å². The van der Waals surface area contributed by atoms with Gasteiger partial charge in [0, 0.05) is 40.6 Å². The molecule has 0 bridgehead atoms. The summed E-state index contributed by atoms with van der Waals surface area (Å²) in [7, 11) is 3.17. The van der Waals surface area contributed by atoms with Crippen LogP contribution in [0.4, 0.5) is 5.82 Å². The zero-order valence-electron chi connectivity index (χ0n) is 18.8. The number of carbonyl (C=O) groups is 2. The lowest BCUT2D eigenvalue weighted by molar-refractivity contribution is -0.119. The maximum atomic E-state index is 13.6. The summed E-state index contributed by atoms with van der Waals surface area (Å²) in [4.78, 5) is 35.8. The lowest BCUT2D eigenvalue weighted by atomic mass is 9.71. The zero-order valence-corrected chi connectivity index (χ0v) is 18.8. The van der Waals surface area contributed by atoms with Crippen LogP contribution in [0.3, 0.4) is 0 Å². The van der Waals surface area contributed by atoms with Gasteiger partial charge < -0.3 is 14.8 Å². The van der Waals surface area contributed by atoms with Crippen molar-refractivity contribution in [2.24, 2.45) is 10.9 Å². The number of nitrogens with zero attached hydrogens (tertiary/aromatic N) is 2. The van der Waals surface area contributed by atoms with Gasteiger partial charge in [0.2, 0.25) is 5.91 Å². The Morgan fingerprint density at radius 3 is 2.62 bits per heavy atom. The van der Waals surface area contributed by atoms with Gasteiger partial charge in [0.05, 0.1) is 20.1 Å². The second-order valence-corrected chi connectivity index (χ2v) is 8.11. The van der Waals surface area contributed by atoms with Crippen LogP contribution in [-0.4, -0.2) is 36.6 Å². The summed E-state index contributed by atoms with van der Waals surface area (Å²) < 4.78 is 11.1. The maximum Gasteiger partial charge on any atom is 0.235 e. The van der Waals surface area contributed by atoms with Crippen LogP contribution in [0.25, 0.3) is 0 Å². The van der Waals surface area contributed by atoms with E-state index in [-0.39, 0.29) is 11.7 Å². The summed E-state index contributed by atoms with van der Waals surface area (Å²) in [6.45, 7) is 3.71. The molecule has 0 radical (unpaired) electrons. The van der Waals surface area contributed by atoms with Crippen LogP contribution in [0, 0.1) is 12.8 Å². The highest BCUT2D eigenvalue weighted by molar-refractivity contribution is 6.13. The van der Waals surface area contributed by atoms with E-state index in [0.717, 1.165) is 29.8 Å². The van der Waals surface area contributed by atoms with Crippen LogP contribution in [0.2, 0.25) is 0 Å². The topological polar surface area (TPSA) is 89.9 Å². The van der Waals surface area contributed by atoms with Crippen molar-refractivity contribution >= 4 is 23.2 Å². The van der Waals surface area contributed by atoms with E-state index in [1.165, 1.54) is 0 Å². The molecule has 1 aliphatic heterocycles. The first-order valence-corrected chi connectivity index (χ1v) is 10.7. The Morgan fingerprint density at radius 2 is 1.91 bits per heavy atom. The summed E-state index contributed by atoms with van der Waals surface area (Å²) in [6.07, 6.45) is 1.93. The Bertz CT molecular complexity index is 1140. The fraction of sp³-hybridized carbons (Fsp3) is 0.360. The molecule has 0 saturated heterocycles. The first kappa shape index (κ1) is 21.7. The molecule has 0 fully saturated rings. The highest BCUT2D eigenvalue weighted by Crippen LogP contribution is 2.46. The average molecular weight is 434 g/mol. The number of amides is 1. The van der Waals surface area contributed by atoms with E-state index < -0.39 is 11.8 Å². The van der Waals surface area contributed by atoms with Crippen LogP contribution < -0.4 is 14.8 Å². The lowest BCUT2D eigenvalue weighted by Crippen LogP contribution is -2.39. The van der Waals surface area contributed by atoms with Gasteiger partial charge in [-0.1, -0.05) is 6.07 Å². The van der Waals surface area contributed by atoms with Gasteiger partial charge in [0.15, 0.2) is 5.78 Å². The highest BCUT2D eigenvalue weighted by atomic mass is 16.5. The fourth-order valence-electron chi connectivity index (χ4n) is 4.58. The number of aromatic nitrogens is 1. The maximum absolute atomic E-state index is 13.6. The second kappa shape index (κ2) is 8.94. The molecule has 1 unspecified atom stereocenters. The molecule has 4 rings (SSSR count). The number of anilines is 1. The molecular formula is C25H27N3O4. The number of ether oxygens (including phenoxy) is 2. The monoisotopic (exact) mass is 433 g/mol. The average Bonchev–Trinajstić information content (AvgIpc) is 2.77. The van der Waals surface area contributed by atoms with Crippen molar-refractivity contribution in [3.05, 3.63) is 58.9 Å². The van der Waals surface area contributed by atoms with Gasteiger partial charge in [0.1, 0.15) is 17.3 Å². The van der Waals surface area contributed by atoms with E-state index in [1.54, 1.807) is 32.4 Å². The molecule has 1 aliphatic carbocycles. The normalized spacial score (nSPS) is 20.4. The SMILES string of the molecule is COc1ccc(OC)c([C@H]2C3=C(CCCC3=O)N=C(C)C2C(=O)Nc2cccc(C)n2)c1.